The van der Waals surface area contributed by atoms with Gasteiger partial charge >= 0.3 is 0 Å². The van der Waals surface area contributed by atoms with Crippen molar-refractivity contribution in [3.8, 4) is 0 Å². The summed E-state index contributed by atoms with van der Waals surface area (Å²) in [7, 11) is 0. The predicted octanol–water partition coefficient (Wildman–Crippen LogP) is 6.65. The van der Waals surface area contributed by atoms with Crippen molar-refractivity contribution in [3.05, 3.63) is 117 Å². The van der Waals surface area contributed by atoms with Crippen LogP contribution in [-0.2, 0) is 9.59 Å². The number of carbonyl (C=O) groups excluding carboxylic acids is 3. The Kier molecular flexibility index (Phi) is 9.31. The number of amides is 3. The number of hydrogen-bond donors (Lipinski definition) is 3. The van der Waals surface area contributed by atoms with E-state index in [9.17, 15) is 14.4 Å². The highest BCUT2D eigenvalue weighted by Gasteiger charge is 2.15. The van der Waals surface area contributed by atoms with Crippen LogP contribution in [0.5, 0.6) is 0 Å². The first-order valence-electron chi connectivity index (χ1n) is 11.2. The molecule has 1 aromatic heterocycles. The summed E-state index contributed by atoms with van der Waals surface area (Å²) in [5.41, 5.74) is 2.69. The molecule has 0 aliphatic heterocycles. The van der Waals surface area contributed by atoms with Crippen LogP contribution < -0.4 is 16.0 Å². The van der Waals surface area contributed by atoms with Crippen LogP contribution in [0.1, 0.15) is 15.9 Å². The molecule has 186 valence electrons. The normalized spacial score (nSPS) is 11.0. The van der Waals surface area contributed by atoms with Gasteiger partial charge in [-0.3, -0.25) is 14.4 Å². The molecule has 4 aromatic rings. The van der Waals surface area contributed by atoms with Crippen molar-refractivity contribution in [1.29, 1.82) is 0 Å². The van der Waals surface area contributed by atoms with E-state index in [-0.39, 0.29) is 23.3 Å². The van der Waals surface area contributed by atoms with Crippen LogP contribution in [0.2, 0.25) is 0 Å². The number of nitrogens with one attached hydrogen (secondary N) is 3. The monoisotopic (exact) mass is 591 g/mol. The van der Waals surface area contributed by atoms with Crippen molar-refractivity contribution in [3.63, 3.8) is 0 Å². The lowest BCUT2D eigenvalue weighted by Crippen LogP contribution is -2.30. The minimum absolute atomic E-state index is 0.119. The summed E-state index contributed by atoms with van der Waals surface area (Å²) >= 11 is 6.31. The Labute approximate surface area is 231 Å². The molecule has 1 heterocycles. The average molecular weight is 593 g/mol. The van der Waals surface area contributed by atoms with Crippen molar-refractivity contribution in [2.24, 2.45) is 0 Å². The minimum atomic E-state index is -0.441. The van der Waals surface area contributed by atoms with Crippen LogP contribution in [0.25, 0.3) is 6.08 Å². The Bertz CT molecular complexity index is 1410. The average Bonchev–Trinajstić information content (AvgIpc) is 3.43. The van der Waals surface area contributed by atoms with Gasteiger partial charge < -0.3 is 16.0 Å². The van der Waals surface area contributed by atoms with Crippen molar-refractivity contribution >= 4 is 74.2 Å². The van der Waals surface area contributed by atoms with Crippen LogP contribution >= 0.6 is 39.0 Å². The van der Waals surface area contributed by atoms with Crippen LogP contribution in [0, 0.1) is 0 Å². The van der Waals surface area contributed by atoms with E-state index in [2.05, 4.69) is 31.9 Å². The molecular formula is C28H22BrN3O3S2. The summed E-state index contributed by atoms with van der Waals surface area (Å²) in [5.74, 6) is -0.688. The molecule has 0 spiro atoms. The van der Waals surface area contributed by atoms with Crippen LogP contribution in [-0.4, -0.2) is 23.5 Å². The zero-order chi connectivity index (χ0) is 26.0. The van der Waals surface area contributed by atoms with E-state index in [0.717, 1.165) is 20.6 Å². The predicted molar refractivity (Wildman–Crippen MR) is 155 cm³/mol. The molecule has 3 amide bonds. The highest BCUT2D eigenvalue weighted by atomic mass is 79.9. The third-order valence-electron chi connectivity index (χ3n) is 5.01. The number of carbonyl (C=O) groups is 3. The lowest BCUT2D eigenvalue weighted by Gasteiger charge is -2.12. The van der Waals surface area contributed by atoms with E-state index < -0.39 is 5.91 Å². The summed E-state index contributed by atoms with van der Waals surface area (Å²) in [6, 6.07) is 25.2. The Morgan fingerprint density at radius 1 is 0.865 bits per heavy atom. The van der Waals surface area contributed by atoms with Gasteiger partial charge in [-0.15, -0.1) is 11.8 Å². The van der Waals surface area contributed by atoms with E-state index in [4.69, 9.17) is 0 Å². The second-order valence-corrected chi connectivity index (χ2v) is 10.4. The first-order chi connectivity index (χ1) is 18.0. The van der Waals surface area contributed by atoms with Gasteiger partial charge in [-0.2, -0.15) is 11.3 Å². The summed E-state index contributed by atoms with van der Waals surface area (Å²) in [6.07, 6.45) is 1.64. The highest BCUT2D eigenvalue weighted by molar-refractivity contribution is 9.10. The maximum atomic E-state index is 13.1. The van der Waals surface area contributed by atoms with Crippen LogP contribution in [0.15, 0.2) is 111 Å². The summed E-state index contributed by atoms with van der Waals surface area (Å²) in [6.45, 7) is 0. The number of anilines is 2. The van der Waals surface area contributed by atoms with Crippen LogP contribution in [0.4, 0.5) is 11.4 Å². The molecule has 0 saturated heterocycles. The van der Waals surface area contributed by atoms with Gasteiger partial charge in [0.25, 0.3) is 11.8 Å². The largest absolute Gasteiger partial charge is 0.324 e. The van der Waals surface area contributed by atoms with E-state index in [1.54, 1.807) is 42.5 Å². The maximum Gasteiger partial charge on any atom is 0.272 e. The molecule has 0 saturated carbocycles. The third-order valence-corrected chi connectivity index (χ3v) is 7.42. The lowest BCUT2D eigenvalue weighted by atomic mass is 10.2. The molecule has 0 aliphatic rings. The van der Waals surface area contributed by atoms with E-state index in [1.807, 2.05) is 59.3 Å². The smallest absolute Gasteiger partial charge is 0.272 e. The van der Waals surface area contributed by atoms with Gasteiger partial charge in [-0.05, 0) is 92.9 Å². The van der Waals surface area contributed by atoms with Crippen molar-refractivity contribution in [2.75, 3.05) is 16.4 Å². The molecule has 4 rings (SSSR count). The Balaban J connectivity index is 1.37. The zero-order valence-electron chi connectivity index (χ0n) is 19.4. The number of hydrogen-bond acceptors (Lipinski definition) is 5. The van der Waals surface area contributed by atoms with Gasteiger partial charge in [0.1, 0.15) is 5.70 Å². The number of thioether (sulfide) groups is 1. The number of halogens is 1. The lowest BCUT2D eigenvalue weighted by molar-refractivity contribution is -0.114. The highest BCUT2D eigenvalue weighted by Crippen LogP contribution is 2.24. The molecule has 37 heavy (non-hydrogen) atoms. The zero-order valence-corrected chi connectivity index (χ0v) is 22.7. The van der Waals surface area contributed by atoms with E-state index in [1.165, 1.54) is 23.1 Å². The first-order valence-corrected chi connectivity index (χ1v) is 13.9. The van der Waals surface area contributed by atoms with Gasteiger partial charge in [0.15, 0.2) is 0 Å². The molecule has 6 nitrogen and oxygen atoms in total. The molecule has 3 aromatic carbocycles. The second-order valence-electron chi connectivity index (χ2n) is 7.73. The number of thiophene rings is 1. The molecule has 9 heteroatoms. The number of para-hydroxylation sites is 1. The minimum Gasteiger partial charge on any atom is -0.324 e. The topological polar surface area (TPSA) is 87.3 Å². The fourth-order valence-corrected chi connectivity index (χ4v) is 4.90. The summed E-state index contributed by atoms with van der Waals surface area (Å²) < 4.78 is 0.820. The molecule has 3 N–H and O–H groups in total. The standard InChI is InChI=1S/C28H22BrN3O3S2/c29-23-8-4-5-9-24(23)31-26(33)18-37-22-12-10-21(11-13-22)30-28(35)25(16-19-14-15-36-17-19)32-27(34)20-6-2-1-3-7-20/h1-17H,18H2,(H,30,35)(H,31,33)(H,32,34)/b25-16-. The van der Waals surface area contributed by atoms with Crippen molar-refractivity contribution < 1.29 is 14.4 Å². The molecule has 0 bridgehead atoms. The Hall–Kier alpha value is -3.66. The summed E-state index contributed by atoms with van der Waals surface area (Å²) in [5, 5.41) is 12.2. The molecule has 0 aliphatic carbocycles. The SMILES string of the molecule is O=C(CSc1ccc(NC(=O)/C(=C/c2ccsc2)NC(=O)c2ccccc2)cc1)Nc1ccccc1Br. The molecule has 0 fully saturated rings. The molecule has 0 radical (unpaired) electrons. The van der Waals surface area contributed by atoms with E-state index in [0.29, 0.717) is 11.3 Å². The number of rotatable bonds is 9. The van der Waals surface area contributed by atoms with Gasteiger partial charge in [-0.1, -0.05) is 30.3 Å². The first kappa shape index (κ1) is 26.4. The van der Waals surface area contributed by atoms with E-state index >= 15 is 0 Å². The number of benzene rings is 3. The third kappa shape index (κ3) is 7.91. The second kappa shape index (κ2) is 13.0. The van der Waals surface area contributed by atoms with Crippen molar-refractivity contribution in [1.82, 2.24) is 5.32 Å². The van der Waals surface area contributed by atoms with Gasteiger partial charge in [0.05, 0.1) is 11.4 Å². The quantitative estimate of drug-likeness (QED) is 0.150. The van der Waals surface area contributed by atoms with Crippen LogP contribution in [0.3, 0.4) is 0 Å². The molecule has 0 unspecified atom stereocenters. The fraction of sp³-hybridized carbons (Fsp3) is 0.0357. The summed E-state index contributed by atoms with van der Waals surface area (Å²) in [4.78, 5) is 38.9. The Morgan fingerprint density at radius 3 is 2.30 bits per heavy atom. The molecular weight excluding hydrogens is 570 g/mol. The molecule has 0 atom stereocenters. The van der Waals surface area contributed by atoms with Gasteiger partial charge in [0.2, 0.25) is 5.91 Å². The fourth-order valence-electron chi connectivity index (χ4n) is 3.20. The van der Waals surface area contributed by atoms with Crippen molar-refractivity contribution in [2.45, 2.75) is 4.90 Å². The maximum absolute atomic E-state index is 13.1. The Morgan fingerprint density at radius 2 is 1.59 bits per heavy atom. The van der Waals surface area contributed by atoms with Gasteiger partial charge in [0, 0.05) is 20.6 Å². The van der Waals surface area contributed by atoms with Gasteiger partial charge in [-0.25, -0.2) is 0 Å².